The number of urea groups is 1. The number of nitrogens with one attached hydrogen (secondary N) is 2. The minimum atomic E-state index is -0.578. The summed E-state index contributed by atoms with van der Waals surface area (Å²) in [5, 5.41) is 5.70. The summed E-state index contributed by atoms with van der Waals surface area (Å²) in [6.45, 7) is 1.24. The fourth-order valence-electron chi connectivity index (χ4n) is 2.20. The Labute approximate surface area is 116 Å². The normalized spacial score (nSPS) is 17.8. The molecule has 1 saturated heterocycles. The number of hydrogen-bond donors (Lipinski definition) is 3. The standard InChI is InChI=1S/C13H17FN4O2/c14-9-2-1-3-10(6-9)17-13(20)18(8-12(15)19)11-4-5-16-7-11/h1-3,6,11,16H,4-5,7-8H2,(H2,15,19)(H,17,20). The van der Waals surface area contributed by atoms with Crippen molar-refractivity contribution >= 4 is 17.6 Å². The summed E-state index contributed by atoms with van der Waals surface area (Å²) >= 11 is 0. The highest BCUT2D eigenvalue weighted by molar-refractivity contribution is 5.92. The zero-order chi connectivity index (χ0) is 14.5. The maximum Gasteiger partial charge on any atom is 0.322 e. The van der Waals surface area contributed by atoms with Gasteiger partial charge in [-0.15, -0.1) is 0 Å². The van der Waals surface area contributed by atoms with Gasteiger partial charge in [0.2, 0.25) is 5.91 Å². The van der Waals surface area contributed by atoms with E-state index in [1.165, 1.54) is 23.1 Å². The monoisotopic (exact) mass is 280 g/mol. The average molecular weight is 280 g/mol. The van der Waals surface area contributed by atoms with Gasteiger partial charge in [-0.2, -0.15) is 0 Å². The van der Waals surface area contributed by atoms with Crippen LogP contribution in [0.15, 0.2) is 24.3 Å². The number of benzene rings is 1. The Morgan fingerprint density at radius 2 is 2.30 bits per heavy atom. The molecule has 0 bridgehead atoms. The number of halogens is 1. The van der Waals surface area contributed by atoms with Crippen LogP contribution < -0.4 is 16.4 Å². The lowest BCUT2D eigenvalue weighted by molar-refractivity contribution is -0.118. The molecule has 1 fully saturated rings. The van der Waals surface area contributed by atoms with E-state index in [-0.39, 0.29) is 12.6 Å². The van der Waals surface area contributed by atoms with Crippen LogP contribution in [-0.4, -0.2) is 42.5 Å². The largest absolute Gasteiger partial charge is 0.368 e. The molecule has 0 spiro atoms. The Balaban J connectivity index is 2.07. The molecule has 1 atom stereocenters. The van der Waals surface area contributed by atoms with E-state index in [1.54, 1.807) is 6.07 Å². The SMILES string of the molecule is NC(=O)CN(C(=O)Nc1cccc(F)c1)C1CCNC1. The van der Waals surface area contributed by atoms with Gasteiger partial charge in [-0.3, -0.25) is 4.79 Å². The van der Waals surface area contributed by atoms with Gasteiger partial charge in [0.15, 0.2) is 0 Å². The summed E-state index contributed by atoms with van der Waals surface area (Å²) in [5.41, 5.74) is 5.52. The minimum Gasteiger partial charge on any atom is -0.368 e. The van der Waals surface area contributed by atoms with Crippen molar-refractivity contribution < 1.29 is 14.0 Å². The van der Waals surface area contributed by atoms with Gasteiger partial charge in [0, 0.05) is 18.3 Å². The summed E-state index contributed by atoms with van der Waals surface area (Å²) in [6, 6.07) is 5.04. The van der Waals surface area contributed by atoms with Crippen molar-refractivity contribution in [2.45, 2.75) is 12.5 Å². The van der Waals surface area contributed by atoms with Gasteiger partial charge in [0.1, 0.15) is 12.4 Å². The summed E-state index contributed by atoms with van der Waals surface area (Å²) in [5.74, 6) is -1.02. The third-order valence-corrected chi connectivity index (χ3v) is 3.14. The van der Waals surface area contributed by atoms with Gasteiger partial charge in [0.25, 0.3) is 0 Å². The Bertz CT molecular complexity index is 503. The molecule has 108 valence electrons. The minimum absolute atomic E-state index is 0.0870. The van der Waals surface area contributed by atoms with Crippen molar-refractivity contribution in [2.75, 3.05) is 25.0 Å². The predicted octanol–water partition coefficient (Wildman–Crippen LogP) is 0.507. The topological polar surface area (TPSA) is 87.5 Å². The first-order valence-electron chi connectivity index (χ1n) is 6.38. The number of rotatable bonds is 4. The first kappa shape index (κ1) is 14.3. The van der Waals surface area contributed by atoms with E-state index >= 15 is 0 Å². The molecule has 1 aromatic rings. The summed E-state index contributed by atoms with van der Waals surface area (Å²) in [4.78, 5) is 24.7. The molecule has 7 heteroatoms. The molecule has 4 N–H and O–H groups in total. The van der Waals surface area contributed by atoms with Crippen LogP contribution >= 0.6 is 0 Å². The molecule has 1 aliphatic heterocycles. The van der Waals surface area contributed by atoms with Crippen LogP contribution in [0.3, 0.4) is 0 Å². The van der Waals surface area contributed by atoms with Crippen LogP contribution in [0.25, 0.3) is 0 Å². The molecule has 20 heavy (non-hydrogen) atoms. The summed E-state index contributed by atoms with van der Waals surface area (Å²) in [6.07, 6.45) is 0.754. The molecular formula is C13H17FN4O2. The molecule has 0 aromatic heterocycles. The highest BCUT2D eigenvalue weighted by Crippen LogP contribution is 2.13. The third-order valence-electron chi connectivity index (χ3n) is 3.14. The van der Waals surface area contributed by atoms with Crippen LogP contribution in [0, 0.1) is 5.82 Å². The lowest BCUT2D eigenvalue weighted by Gasteiger charge is -2.27. The molecule has 2 rings (SSSR count). The Morgan fingerprint density at radius 1 is 1.50 bits per heavy atom. The molecule has 0 saturated carbocycles. The second-order valence-corrected chi connectivity index (χ2v) is 4.68. The van der Waals surface area contributed by atoms with E-state index < -0.39 is 17.8 Å². The molecule has 3 amide bonds. The van der Waals surface area contributed by atoms with Crippen molar-refractivity contribution in [1.82, 2.24) is 10.2 Å². The van der Waals surface area contributed by atoms with Crippen LogP contribution in [0.4, 0.5) is 14.9 Å². The Morgan fingerprint density at radius 3 is 2.90 bits per heavy atom. The molecular weight excluding hydrogens is 263 g/mol. The molecule has 1 aromatic carbocycles. The van der Waals surface area contributed by atoms with Gasteiger partial charge in [-0.05, 0) is 31.2 Å². The number of amides is 3. The highest BCUT2D eigenvalue weighted by atomic mass is 19.1. The second kappa shape index (κ2) is 6.33. The van der Waals surface area contributed by atoms with E-state index in [4.69, 9.17) is 5.73 Å². The molecule has 0 radical (unpaired) electrons. The smallest absolute Gasteiger partial charge is 0.322 e. The summed E-state index contributed by atoms with van der Waals surface area (Å²) in [7, 11) is 0. The fraction of sp³-hybridized carbons (Fsp3) is 0.385. The van der Waals surface area contributed by atoms with Crippen molar-refractivity contribution in [3.63, 3.8) is 0 Å². The lowest BCUT2D eigenvalue weighted by atomic mass is 10.2. The van der Waals surface area contributed by atoms with Crippen molar-refractivity contribution in [1.29, 1.82) is 0 Å². The molecule has 0 aliphatic carbocycles. The summed E-state index contributed by atoms with van der Waals surface area (Å²) < 4.78 is 13.1. The van der Waals surface area contributed by atoms with Gasteiger partial charge in [-0.1, -0.05) is 6.07 Å². The zero-order valence-corrected chi connectivity index (χ0v) is 10.9. The molecule has 1 unspecified atom stereocenters. The first-order chi connectivity index (χ1) is 9.56. The quantitative estimate of drug-likeness (QED) is 0.751. The second-order valence-electron chi connectivity index (χ2n) is 4.68. The van der Waals surface area contributed by atoms with E-state index in [0.29, 0.717) is 12.2 Å². The van der Waals surface area contributed by atoms with Crippen molar-refractivity contribution in [3.05, 3.63) is 30.1 Å². The highest BCUT2D eigenvalue weighted by Gasteiger charge is 2.27. The van der Waals surface area contributed by atoms with E-state index in [9.17, 15) is 14.0 Å². The van der Waals surface area contributed by atoms with Gasteiger partial charge < -0.3 is 21.3 Å². The number of primary amides is 1. The van der Waals surface area contributed by atoms with Gasteiger partial charge >= 0.3 is 6.03 Å². The van der Waals surface area contributed by atoms with Crippen molar-refractivity contribution in [3.8, 4) is 0 Å². The zero-order valence-electron chi connectivity index (χ0n) is 10.9. The molecule has 6 nitrogen and oxygen atoms in total. The van der Waals surface area contributed by atoms with E-state index in [0.717, 1.165) is 13.0 Å². The van der Waals surface area contributed by atoms with E-state index in [2.05, 4.69) is 10.6 Å². The lowest BCUT2D eigenvalue weighted by Crippen LogP contribution is -2.48. The van der Waals surface area contributed by atoms with Crippen molar-refractivity contribution in [2.24, 2.45) is 5.73 Å². The first-order valence-corrected chi connectivity index (χ1v) is 6.38. The average Bonchev–Trinajstić information content (AvgIpc) is 2.89. The number of carbonyl (C=O) groups excluding carboxylic acids is 2. The number of anilines is 1. The van der Waals surface area contributed by atoms with Crippen LogP contribution in [0.2, 0.25) is 0 Å². The van der Waals surface area contributed by atoms with E-state index in [1.807, 2.05) is 0 Å². The Kier molecular flexibility index (Phi) is 4.52. The molecule has 1 heterocycles. The molecule has 1 aliphatic rings. The predicted molar refractivity (Wildman–Crippen MR) is 72.6 cm³/mol. The number of nitrogens with zero attached hydrogens (tertiary/aromatic N) is 1. The maximum absolute atomic E-state index is 13.1. The van der Waals surface area contributed by atoms with Gasteiger partial charge in [-0.25, -0.2) is 9.18 Å². The fourth-order valence-corrected chi connectivity index (χ4v) is 2.20. The van der Waals surface area contributed by atoms with Crippen LogP contribution in [0.1, 0.15) is 6.42 Å². The number of nitrogens with two attached hydrogens (primary N) is 1. The van der Waals surface area contributed by atoms with Crippen LogP contribution in [-0.2, 0) is 4.79 Å². The third kappa shape index (κ3) is 3.67. The van der Waals surface area contributed by atoms with Gasteiger partial charge in [0.05, 0.1) is 0 Å². The Hall–Kier alpha value is -2.15. The maximum atomic E-state index is 13.1. The van der Waals surface area contributed by atoms with Crippen LogP contribution in [0.5, 0.6) is 0 Å². The number of carbonyl (C=O) groups is 2. The number of hydrogen-bond acceptors (Lipinski definition) is 3.